The molecular formula is C26H32BrFO5. The second-order valence-electron chi connectivity index (χ2n) is 10.7. The lowest BCUT2D eigenvalue weighted by molar-refractivity contribution is -0.201. The highest BCUT2D eigenvalue weighted by Crippen LogP contribution is 2.70. The van der Waals surface area contributed by atoms with Gasteiger partial charge in [-0.15, -0.1) is 0 Å². The molecule has 33 heavy (non-hydrogen) atoms. The minimum absolute atomic E-state index is 0.00582. The number of esters is 1. The standard InChI is InChI=1S/C26H32BrFO5/c1-5-6-22(32)33-26(21(31)14-27)15(2)11-19-18-8-7-16-12-17(29)9-10-23(16,3)25(18,28)20(30)13-24(19,26)4/h9-10,12,15,18-19H,5-8,11,13-14H2,1-4H3/t15?,18-,19-,23-,24-,25-,26-/m0/s1. The van der Waals surface area contributed by atoms with E-state index in [-0.39, 0.29) is 41.6 Å². The van der Waals surface area contributed by atoms with Crippen LogP contribution in [0.2, 0.25) is 0 Å². The van der Waals surface area contributed by atoms with Crippen molar-refractivity contribution in [1.82, 2.24) is 0 Å². The lowest BCUT2D eigenvalue weighted by Crippen LogP contribution is -2.68. The third kappa shape index (κ3) is 2.99. The molecule has 0 aromatic heterocycles. The van der Waals surface area contributed by atoms with Crippen molar-refractivity contribution in [3.05, 3.63) is 23.8 Å². The third-order valence-corrected chi connectivity index (χ3v) is 9.72. The van der Waals surface area contributed by atoms with Gasteiger partial charge in [0, 0.05) is 35.5 Å². The van der Waals surface area contributed by atoms with E-state index in [0.29, 0.717) is 31.3 Å². The number of carbonyl (C=O) groups excluding carboxylic acids is 4. The summed E-state index contributed by atoms with van der Waals surface area (Å²) in [5.74, 6) is -2.75. The van der Waals surface area contributed by atoms with Gasteiger partial charge in [-0.05, 0) is 50.7 Å². The summed E-state index contributed by atoms with van der Waals surface area (Å²) in [6.45, 7) is 7.29. The maximum absolute atomic E-state index is 17.2. The van der Waals surface area contributed by atoms with Crippen molar-refractivity contribution in [3.8, 4) is 0 Å². The van der Waals surface area contributed by atoms with Gasteiger partial charge in [-0.2, -0.15) is 0 Å². The lowest BCUT2D eigenvalue weighted by Gasteiger charge is -2.59. The van der Waals surface area contributed by atoms with Crippen LogP contribution < -0.4 is 0 Å². The van der Waals surface area contributed by atoms with E-state index in [1.807, 2.05) is 20.8 Å². The Hall–Kier alpha value is -1.63. The normalized spacial score (nSPS) is 43.9. The quantitative estimate of drug-likeness (QED) is 0.380. The number of Topliss-reactive ketones (excluding diaryl/α,β-unsaturated/α-hetero) is 2. The van der Waals surface area contributed by atoms with E-state index in [0.717, 1.165) is 0 Å². The second-order valence-corrected chi connectivity index (χ2v) is 11.3. The number of fused-ring (bicyclic) bond motifs is 5. The molecule has 0 spiro atoms. The summed E-state index contributed by atoms with van der Waals surface area (Å²) in [7, 11) is 0. The van der Waals surface area contributed by atoms with Gasteiger partial charge in [0.25, 0.3) is 0 Å². The lowest BCUT2D eigenvalue weighted by atomic mass is 9.45. The number of hydrogen-bond acceptors (Lipinski definition) is 5. The van der Waals surface area contributed by atoms with Crippen LogP contribution in [0.4, 0.5) is 4.39 Å². The van der Waals surface area contributed by atoms with Gasteiger partial charge in [-0.3, -0.25) is 19.2 Å². The Bertz CT molecular complexity index is 987. The van der Waals surface area contributed by atoms with Gasteiger partial charge in [-0.25, -0.2) is 4.39 Å². The molecule has 4 aliphatic carbocycles. The zero-order valence-corrected chi connectivity index (χ0v) is 21.3. The van der Waals surface area contributed by atoms with E-state index in [1.54, 1.807) is 13.0 Å². The third-order valence-electron chi connectivity index (χ3n) is 9.21. The molecule has 0 radical (unpaired) electrons. The van der Waals surface area contributed by atoms with E-state index < -0.39 is 39.8 Å². The molecule has 180 valence electrons. The number of alkyl halides is 2. The monoisotopic (exact) mass is 522 g/mol. The van der Waals surface area contributed by atoms with Gasteiger partial charge in [0.15, 0.2) is 28.6 Å². The molecule has 4 rings (SSSR count). The molecule has 7 atom stereocenters. The first-order valence-electron chi connectivity index (χ1n) is 11.9. The van der Waals surface area contributed by atoms with Crippen molar-refractivity contribution in [2.24, 2.45) is 28.6 Å². The summed E-state index contributed by atoms with van der Waals surface area (Å²) in [4.78, 5) is 51.9. The van der Waals surface area contributed by atoms with Crippen LogP contribution in [0, 0.1) is 28.6 Å². The minimum atomic E-state index is -2.17. The van der Waals surface area contributed by atoms with Crippen LogP contribution in [-0.4, -0.2) is 39.9 Å². The fraction of sp³-hybridized carbons (Fsp3) is 0.692. The first kappa shape index (κ1) is 24.5. The van der Waals surface area contributed by atoms with Crippen LogP contribution in [0.5, 0.6) is 0 Å². The van der Waals surface area contributed by atoms with E-state index >= 15 is 4.39 Å². The topological polar surface area (TPSA) is 77.5 Å². The van der Waals surface area contributed by atoms with Crippen LogP contribution in [0.1, 0.15) is 66.2 Å². The predicted molar refractivity (Wildman–Crippen MR) is 124 cm³/mol. The molecule has 0 N–H and O–H groups in total. The predicted octanol–water partition coefficient (Wildman–Crippen LogP) is 4.86. The zero-order chi connectivity index (χ0) is 24.4. The summed E-state index contributed by atoms with van der Waals surface area (Å²) in [5, 5.41) is -0.00582. The molecule has 3 saturated carbocycles. The number of allylic oxidation sites excluding steroid dienone is 4. The molecule has 0 aromatic carbocycles. The molecule has 5 nitrogen and oxygen atoms in total. The fourth-order valence-corrected chi connectivity index (χ4v) is 8.08. The molecule has 3 fully saturated rings. The smallest absolute Gasteiger partial charge is 0.306 e. The number of hydrogen-bond donors (Lipinski definition) is 0. The Morgan fingerprint density at radius 2 is 1.94 bits per heavy atom. The average Bonchev–Trinajstić information content (AvgIpc) is 2.97. The molecule has 0 heterocycles. The summed E-state index contributed by atoms with van der Waals surface area (Å²) >= 11 is 3.26. The second kappa shape index (κ2) is 7.96. The first-order chi connectivity index (χ1) is 15.4. The molecule has 7 heteroatoms. The van der Waals surface area contributed by atoms with E-state index in [9.17, 15) is 19.2 Å². The van der Waals surface area contributed by atoms with Gasteiger partial charge in [0.1, 0.15) is 0 Å². The molecule has 0 aromatic rings. The molecule has 0 bridgehead atoms. The largest absolute Gasteiger partial charge is 0.450 e. The van der Waals surface area contributed by atoms with Crippen LogP contribution in [0.3, 0.4) is 0 Å². The summed E-state index contributed by atoms with van der Waals surface area (Å²) in [6.07, 6.45) is 6.41. The van der Waals surface area contributed by atoms with Crippen LogP contribution >= 0.6 is 15.9 Å². The zero-order valence-electron chi connectivity index (χ0n) is 19.7. The average molecular weight is 523 g/mol. The van der Waals surface area contributed by atoms with Crippen LogP contribution in [0.25, 0.3) is 0 Å². The van der Waals surface area contributed by atoms with Crippen molar-refractivity contribution in [2.45, 2.75) is 77.5 Å². The van der Waals surface area contributed by atoms with Gasteiger partial charge >= 0.3 is 5.97 Å². The molecular weight excluding hydrogens is 491 g/mol. The van der Waals surface area contributed by atoms with Crippen LogP contribution in [0.15, 0.2) is 23.8 Å². The molecule has 4 aliphatic rings. The Morgan fingerprint density at radius 3 is 2.58 bits per heavy atom. The van der Waals surface area contributed by atoms with Crippen molar-refractivity contribution in [3.63, 3.8) is 0 Å². The van der Waals surface area contributed by atoms with Gasteiger partial charge < -0.3 is 4.74 Å². The first-order valence-corrected chi connectivity index (χ1v) is 13.0. The number of rotatable bonds is 5. The number of ketones is 3. The van der Waals surface area contributed by atoms with Crippen molar-refractivity contribution >= 4 is 39.2 Å². The van der Waals surface area contributed by atoms with Crippen molar-refractivity contribution in [1.29, 1.82) is 0 Å². The Kier molecular flexibility index (Phi) is 5.91. The van der Waals surface area contributed by atoms with Gasteiger partial charge in [0.05, 0.1) is 5.33 Å². The van der Waals surface area contributed by atoms with E-state index in [2.05, 4.69) is 15.9 Å². The number of ether oxygens (including phenoxy) is 1. The van der Waals surface area contributed by atoms with Gasteiger partial charge in [-0.1, -0.05) is 48.4 Å². The summed E-state index contributed by atoms with van der Waals surface area (Å²) < 4.78 is 23.2. The highest BCUT2D eigenvalue weighted by molar-refractivity contribution is 9.09. The van der Waals surface area contributed by atoms with Crippen molar-refractivity contribution < 1.29 is 28.3 Å². The maximum Gasteiger partial charge on any atom is 0.306 e. The number of halogens is 2. The molecule has 0 saturated heterocycles. The van der Waals surface area contributed by atoms with Crippen molar-refractivity contribution in [2.75, 3.05) is 5.33 Å². The van der Waals surface area contributed by atoms with Crippen LogP contribution in [-0.2, 0) is 23.9 Å². The SMILES string of the molecule is CCCC(=O)O[C@]1(C(=O)CBr)C(C)C[C@H]2[C@@H]3CCC4=CC(=O)C=C[C@]4(C)[C@@]3(F)C(=O)C[C@@]21C. The molecule has 1 unspecified atom stereocenters. The maximum atomic E-state index is 17.2. The van der Waals surface area contributed by atoms with E-state index in [4.69, 9.17) is 4.74 Å². The fourth-order valence-electron chi connectivity index (χ4n) is 7.66. The van der Waals surface area contributed by atoms with Gasteiger partial charge in [0.2, 0.25) is 0 Å². The highest BCUT2D eigenvalue weighted by Gasteiger charge is 2.77. The van der Waals surface area contributed by atoms with E-state index in [1.165, 1.54) is 12.2 Å². The summed E-state index contributed by atoms with van der Waals surface area (Å²) in [6, 6.07) is 0. The Morgan fingerprint density at radius 1 is 1.24 bits per heavy atom. The Balaban J connectivity index is 1.84. The number of carbonyl (C=O) groups is 4. The highest BCUT2D eigenvalue weighted by atomic mass is 79.9. The summed E-state index contributed by atoms with van der Waals surface area (Å²) in [5.41, 5.74) is -5.16. The molecule has 0 amide bonds. The Labute approximate surface area is 202 Å². The molecule has 0 aliphatic heterocycles. The minimum Gasteiger partial charge on any atom is -0.450 e.